The Balaban J connectivity index is 2.23. The Morgan fingerprint density at radius 3 is 2.09 bits per heavy atom. The Kier molecular flexibility index (Phi) is 1.52. The van der Waals surface area contributed by atoms with Crippen LogP contribution in [0.3, 0.4) is 0 Å². The van der Waals surface area contributed by atoms with Gasteiger partial charge in [0.2, 0.25) is 0 Å². The highest BCUT2D eigenvalue weighted by Gasteiger charge is 2.46. The summed E-state index contributed by atoms with van der Waals surface area (Å²) in [6, 6.07) is 0. The van der Waals surface area contributed by atoms with Crippen LogP contribution in [0.25, 0.3) is 0 Å². The molecule has 2 nitrogen and oxygen atoms in total. The lowest BCUT2D eigenvalue weighted by Gasteiger charge is -2.54. The lowest BCUT2D eigenvalue weighted by atomic mass is 9.74. The van der Waals surface area contributed by atoms with Crippen molar-refractivity contribution in [2.75, 3.05) is 13.1 Å². The smallest absolute Gasteiger partial charge is 0.0747 e. The molecular formula is C9H17NO. The van der Waals surface area contributed by atoms with Gasteiger partial charge < -0.3 is 5.11 Å². The summed E-state index contributed by atoms with van der Waals surface area (Å²) < 4.78 is 0. The van der Waals surface area contributed by atoms with Crippen molar-refractivity contribution < 1.29 is 5.11 Å². The van der Waals surface area contributed by atoms with E-state index in [4.69, 9.17) is 0 Å². The van der Waals surface area contributed by atoms with Crippen LogP contribution in [0, 0.1) is 5.92 Å². The standard InChI is InChI=1S/C9H17NO/c1-9(2)8(11)7-3-5-10(9)6-4-7/h7-8,11H,3-6H2,1-2H3/t8-/m0/s1. The summed E-state index contributed by atoms with van der Waals surface area (Å²) in [6.45, 7) is 6.69. The molecular weight excluding hydrogens is 138 g/mol. The molecule has 0 aliphatic carbocycles. The molecule has 0 unspecified atom stereocenters. The van der Waals surface area contributed by atoms with Gasteiger partial charge in [-0.25, -0.2) is 0 Å². The van der Waals surface area contributed by atoms with Gasteiger partial charge >= 0.3 is 0 Å². The van der Waals surface area contributed by atoms with E-state index in [1.165, 1.54) is 25.9 Å². The van der Waals surface area contributed by atoms with E-state index in [0.29, 0.717) is 5.92 Å². The number of piperidine rings is 3. The van der Waals surface area contributed by atoms with Gasteiger partial charge in [-0.2, -0.15) is 0 Å². The third-order valence-electron chi connectivity index (χ3n) is 3.52. The fourth-order valence-corrected chi connectivity index (χ4v) is 2.56. The highest BCUT2D eigenvalue weighted by Crippen LogP contribution is 2.38. The van der Waals surface area contributed by atoms with E-state index >= 15 is 0 Å². The summed E-state index contributed by atoms with van der Waals surface area (Å²) in [5, 5.41) is 9.89. The SMILES string of the molecule is CC1(C)[C@@H](O)C2CCN1CC2. The number of fused-ring (bicyclic) bond motifs is 3. The molecule has 2 bridgehead atoms. The molecule has 11 heavy (non-hydrogen) atoms. The number of aliphatic hydroxyl groups excluding tert-OH is 1. The molecule has 1 N–H and O–H groups in total. The summed E-state index contributed by atoms with van der Waals surface area (Å²) >= 11 is 0. The molecule has 0 aromatic carbocycles. The monoisotopic (exact) mass is 155 g/mol. The first-order chi connectivity index (χ1) is 5.12. The summed E-state index contributed by atoms with van der Waals surface area (Å²) in [7, 11) is 0. The Hall–Kier alpha value is -0.0800. The first kappa shape index (κ1) is 7.56. The second kappa shape index (κ2) is 2.20. The Labute approximate surface area is 68.2 Å². The van der Waals surface area contributed by atoms with Crippen molar-refractivity contribution in [1.29, 1.82) is 0 Å². The van der Waals surface area contributed by atoms with Crippen molar-refractivity contribution in [3.63, 3.8) is 0 Å². The van der Waals surface area contributed by atoms with Crippen LogP contribution in [0.5, 0.6) is 0 Å². The van der Waals surface area contributed by atoms with Crippen LogP contribution in [-0.2, 0) is 0 Å². The predicted molar refractivity (Wildman–Crippen MR) is 44.4 cm³/mol. The van der Waals surface area contributed by atoms with Crippen molar-refractivity contribution >= 4 is 0 Å². The second-order valence-electron chi connectivity index (χ2n) is 4.42. The molecule has 3 aliphatic rings. The molecule has 0 amide bonds. The van der Waals surface area contributed by atoms with E-state index in [0.717, 1.165) is 0 Å². The molecule has 2 heteroatoms. The first-order valence-corrected chi connectivity index (χ1v) is 4.55. The molecule has 0 saturated carbocycles. The predicted octanol–water partition coefficient (Wildman–Crippen LogP) is 0.851. The van der Waals surface area contributed by atoms with Crippen LogP contribution in [0.15, 0.2) is 0 Å². The topological polar surface area (TPSA) is 23.5 Å². The van der Waals surface area contributed by atoms with Gasteiger partial charge in [0.05, 0.1) is 6.10 Å². The molecule has 3 heterocycles. The van der Waals surface area contributed by atoms with Crippen molar-refractivity contribution in [1.82, 2.24) is 4.90 Å². The van der Waals surface area contributed by atoms with E-state index in [2.05, 4.69) is 18.7 Å². The second-order valence-corrected chi connectivity index (χ2v) is 4.42. The van der Waals surface area contributed by atoms with E-state index in [-0.39, 0.29) is 11.6 Å². The highest BCUT2D eigenvalue weighted by molar-refractivity contribution is 5.00. The number of rotatable bonds is 0. The maximum atomic E-state index is 9.89. The van der Waals surface area contributed by atoms with Crippen LogP contribution in [-0.4, -0.2) is 34.7 Å². The molecule has 0 radical (unpaired) electrons. The van der Waals surface area contributed by atoms with Crippen LogP contribution >= 0.6 is 0 Å². The van der Waals surface area contributed by atoms with Gasteiger partial charge in [-0.15, -0.1) is 0 Å². The van der Waals surface area contributed by atoms with Crippen molar-refractivity contribution in [3.05, 3.63) is 0 Å². The largest absolute Gasteiger partial charge is 0.391 e. The third kappa shape index (κ3) is 0.926. The number of nitrogens with zero attached hydrogens (tertiary/aromatic N) is 1. The van der Waals surface area contributed by atoms with Crippen molar-refractivity contribution in [2.45, 2.75) is 38.3 Å². The number of hydrogen-bond acceptors (Lipinski definition) is 2. The van der Waals surface area contributed by atoms with E-state index in [1.54, 1.807) is 0 Å². The fourth-order valence-electron chi connectivity index (χ4n) is 2.56. The first-order valence-electron chi connectivity index (χ1n) is 4.55. The molecule has 3 fully saturated rings. The minimum absolute atomic E-state index is 0.0428. The van der Waals surface area contributed by atoms with Crippen LogP contribution < -0.4 is 0 Å². The molecule has 0 aromatic heterocycles. The maximum Gasteiger partial charge on any atom is 0.0747 e. The van der Waals surface area contributed by atoms with Gasteiger partial charge in [0.25, 0.3) is 0 Å². The third-order valence-corrected chi connectivity index (χ3v) is 3.52. The van der Waals surface area contributed by atoms with E-state index in [1.807, 2.05) is 0 Å². The lowest BCUT2D eigenvalue weighted by molar-refractivity contribution is -0.117. The number of aliphatic hydroxyl groups is 1. The van der Waals surface area contributed by atoms with Gasteiger partial charge in [-0.3, -0.25) is 4.90 Å². The zero-order chi connectivity index (χ0) is 8.06. The summed E-state index contributed by atoms with van der Waals surface area (Å²) in [5.74, 6) is 0.579. The van der Waals surface area contributed by atoms with Crippen molar-refractivity contribution in [2.24, 2.45) is 5.92 Å². The Bertz CT molecular complexity index is 155. The zero-order valence-corrected chi connectivity index (χ0v) is 7.38. The molecule has 3 rings (SSSR count). The molecule has 64 valence electrons. The van der Waals surface area contributed by atoms with Gasteiger partial charge in [0, 0.05) is 5.54 Å². The van der Waals surface area contributed by atoms with E-state index < -0.39 is 0 Å². The van der Waals surface area contributed by atoms with Crippen LogP contribution in [0.4, 0.5) is 0 Å². The molecule has 0 aromatic rings. The highest BCUT2D eigenvalue weighted by atomic mass is 16.3. The van der Waals surface area contributed by atoms with Crippen LogP contribution in [0.1, 0.15) is 26.7 Å². The van der Waals surface area contributed by atoms with Gasteiger partial charge in [0.15, 0.2) is 0 Å². The van der Waals surface area contributed by atoms with Gasteiger partial charge in [-0.1, -0.05) is 0 Å². The minimum Gasteiger partial charge on any atom is -0.391 e. The lowest BCUT2D eigenvalue weighted by Crippen LogP contribution is -2.63. The van der Waals surface area contributed by atoms with Crippen LogP contribution in [0.2, 0.25) is 0 Å². The fraction of sp³-hybridized carbons (Fsp3) is 1.00. The molecule has 3 aliphatic heterocycles. The van der Waals surface area contributed by atoms with Gasteiger partial charge in [-0.05, 0) is 45.7 Å². The Morgan fingerprint density at radius 2 is 1.82 bits per heavy atom. The number of hydrogen-bond donors (Lipinski definition) is 1. The molecule has 0 spiro atoms. The quantitative estimate of drug-likeness (QED) is 0.560. The summed E-state index contributed by atoms with van der Waals surface area (Å²) in [5.41, 5.74) is 0.0428. The molecule has 1 atom stereocenters. The summed E-state index contributed by atoms with van der Waals surface area (Å²) in [6.07, 6.45) is 2.31. The average molecular weight is 155 g/mol. The normalized spacial score (nSPS) is 47.7. The summed E-state index contributed by atoms with van der Waals surface area (Å²) in [4.78, 5) is 2.41. The minimum atomic E-state index is -0.0926. The molecule has 3 saturated heterocycles. The maximum absolute atomic E-state index is 9.89. The van der Waals surface area contributed by atoms with Crippen molar-refractivity contribution in [3.8, 4) is 0 Å². The van der Waals surface area contributed by atoms with Gasteiger partial charge in [0.1, 0.15) is 0 Å². The Morgan fingerprint density at radius 1 is 1.27 bits per heavy atom. The average Bonchev–Trinajstić information content (AvgIpc) is 2.01. The van der Waals surface area contributed by atoms with E-state index in [9.17, 15) is 5.11 Å². The zero-order valence-electron chi connectivity index (χ0n) is 7.38.